The molecule has 2 rings (SSSR count). The molecular formula is C12H13NO2. The van der Waals surface area contributed by atoms with Gasteiger partial charge in [0.15, 0.2) is 5.76 Å². The van der Waals surface area contributed by atoms with Crippen LogP contribution in [-0.2, 0) is 4.74 Å². The molecule has 0 unspecified atom stereocenters. The zero-order chi connectivity index (χ0) is 10.7. The van der Waals surface area contributed by atoms with Gasteiger partial charge in [-0.15, -0.1) is 0 Å². The number of ketones is 1. The van der Waals surface area contributed by atoms with Gasteiger partial charge in [0, 0.05) is 17.5 Å². The van der Waals surface area contributed by atoms with E-state index in [-0.39, 0.29) is 5.78 Å². The van der Waals surface area contributed by atoms with Gasteiger partial charge in [0.2, 0.25) is 5.78 Å². The molecule has 2 heterocycles. The number of ether oxygens (including phenoxy) is 1. The Morgan fingerprint density at radius 1 is 1.47 bits per heavy atom. The second-order valence-electron chi connectivity index (χ2n) is 3.58. The van der Waals surface area contributed by atoms with Crippen LogP contribution in [0.2, 0.25) is 0 Å². The van der Waals surface area contributed by atoms with Crippen molar-refractivity contribution in [2.24, 2.45) is 0 Å². The molecule has 3 nitrogen and oxygen atoms in total. The number of hydrogen-bond acceptors (Lipinski definition) is 3. The summed E-state index contributed by atoms with van der Waals surface area (Å²) < 4.78 is 5.31. The molecule has 0 atom stereocenters. The summed E-state index contributed by atoms with van der Waals surface area (Å²) >= 11 is 0. The van der Waals surface area contributed by atoms with Crippen molar-refractivity contribution in [2.45, 2.75) is 19.8 Å². The lowest BCUT2D eigenvalue weighted by molar-refractivity contribution is 0.0898. The number of carbonyl (C=O) groups excluding carboxylic acids is 1. The highest BCUT2D eigenvalue weighted by atomic mass is 16.5. The van der Waals surface area contributed by atoms with Crippen LogP contribution in [0.4, 0.5) is 0 Å². The van der Waals surface area contributed by atoms with E-state index in [1.165, 1.54) is 0 Å². The first-order chi connectivity index (χ1) is 7.27. The van der Waals surface area contributed by atoms with E-state index >= 15 is 0 Å². The van der Waals surface area contributed by atoms with Crippen LogP contribution < -0.4 is 0 Å². The third-order valence-corrected chi connectivity index (χ3v) is 2.33. The highest BCUT2D eigenvalue weighted by Crippen LogP contribution is 2.15. The van der Waals surface area contributed by atoms with Gasteiger partial charge < -0.3 is 4.74 Å². The van der Waals surface area contributed by atoms with Gasteiger partial charge in [-0.2, -0.15) is 0 Å². The summed E-state index contributed by atoms with van der Waals surface area (Å²) in [5.41, 5.74) is 1.50. The minimum absolute atomic E-state index is 0.0674. The molecule has 0 amide bonds. The number of aryl methyl sites for hydroxylation is 1. The van der Waals surface area contributed by atoms with Crippen LogP contribution in [0.3, 0.4) is 0 Å². The average Bonchev–Trinajstić information content (AvgIpc) is 2.30. The van der Waals surface area contributed by atoms with Crippen LogP contribution in [0.15, 0.2) is 30.2 Å². The van der Waals surface area contributed by atoms with Gasteiger partial charge in [0.25, 0.3) is 0 Å². The summed E-state index contributed by atoms with van der Waals surface area (Å²) in [5, 5.41) is 0. The molecule has 0 aliphatic carbocycles. The lowest BCUT2D eigenvalue weighted by Crippen LogP contribution is -2.11. The summed E-state index contributed by atoms with van der Waals surface area (Å²) in [7, 11) is 0. The third kappa shape index (κ3) is 2.24. The van der Waals surface area contributed by atoms with Crippen molar-refractivity contribution in [3.63, 3.8) is 0 Å². The number of carbonyl (C=O) groups is 1. The van der Waals surface area contributed by atoms with Crippen molar-refractivity contribution >= 4 is 5.78 Å². The van der Waals surface area contributed by atoms with Crippen LogP contribution in [0, 0.1) is 6.92 Å². The number of aromatic nitrogens is 1. The van der Waals surface area contributed by atoms with E-state index in [0.29, 0.717) is 17.9 Å². The molecule has 78 valence electrons. The van der Waals surface area contributed by atoms with Gasteiger partial charge in [0.05, 0.1) is 6.61 Å². The van der Waals surface area contributed by atoms with E-state index in [9.17, 15) is 4.79 Å². The molecule has 0 N–H and O–H groups in total. The number of hydrogen-bond donors (Lipinski definition) is 0. The van der Waals surface area contributed by atoms with Gasteiger partial charge in [-0.1, -0.05) is 0 Å². The van der Waals surface area contributed by atoms with E-state index in [1.54, 1.807) is 12.3 Å². The molecule has 1 aliphatic heterocycles. The monoisotopic (exact) mass is 203 g/mol. The molecule has 0 saturated carbocycles. The number of nitrogens with zero attached hydrogens (tertiary/aromatic N) is 1. The fourth-order valence-corrected chi connectivity index (χ4v) is 1.46. The normalized spacial score (nSPS) is 15.4. The molecule has 1 aliphatic rings. The third-order valence-electron chi connectivity index (χ3n) is 2.33. The summed E-state index contributed by atoms with van der Waals surface area (Å²) in [6.45, 7) is 2.53. The Morgan fingerprint density at radius 2 is 2.33 bits per heavy atom. The molecule has 0 fully saturated rings. The van der Waals surface area contributed by atoms with E-state index < -0.39 is 0 Å². The highest BCUT2D eigenvalue weighted by molar-refractivity contribution is 6.07. The van der Waals surface area contributed by atoms with Crippen molar-refractivity contribution in [3.8, 4) is 0 Å². The maximum Gasteiger partial charge on any atom is 0.228 e. The van der Waals surface area contributed by atoms with E-state index in [0.717, 1.165) is 18.5 Å². The van der Waals surface area contributed by atoms with E-state index in [1.807, 2.05) is 19.1 Å². The Kier molecular flexibility index (Phi) is 2.81. The zero-order valence-corrected chi connectivity index (χ0v) is 8.69. The topological polar surface area (TPSA) is 39.2 Å². The lowest BCUT2D eigenvalue weighted by Gasteiger charge is -2.13. The van der Waals surface area contributed by atoms with Crippen LogP contribution in [-0.4, -0.2) is 17.4 Å². The smallest absolute Gasteiger partial charge is 0.228 e. The van der Waals surface area contributed by atoms with Gasteiger partial charge in [0.1, 0.15) is 0 Å². The maximum atomic E-state index is 11.9. The largest absolute Gasteiger partial charge is 0.490 e. The number of pyridine rings is 1. The predicted molar refractivity (Wildman–Crippen MR) is 56.6 cm³/mol. The fraction of sp³-hybridized carbons (Fsp3) is 0.333. The molecule has 0 spiro atoms. The van der Waals surface area contributed by atoms with E-state index in [2.05, 4.69) is 4.98 Å². The lowest BCUT2D eigenvalue weighted by atomic mass is 10.1. The minimum Gasteiger partial charge on any atom is -0.490 e. The Labute approximate surface area is 88.8 Å². The molecule has 1 aromatic rings. The van der Waals surface area contributed by atoms with Crippen LogP contribution in [0.25, 0.3) is 0 Å². The van der Waals surface area contributed by atoms with Gasteiger partial charge in [-0.3, -0.25) is 9.78 Å². The quantitative estimate of drug-likeness (QED) is 0.692. The highest BCUT2D eigenvalue weighted by Gasteiger charge is 2.15. The van der Waals surface area contributed by atoms with Gasteiger partial charge in [-0.25, -0.2) is 0 Å². The van der Waals surface area contributed by atoms with Crippen LogP contribution in [0.1, 0.15) is 28.9 Å². The van der Waals surface area contributed by atoms with Gasteiger partial charge in [-0.05, 0) is 38.0 Å². The summed E-state index contributed by atoms with van der Waals surface area (Å²) in [4.78, 5) is 16.0. The molecule has 0 aromatic carbocycles. The summed E-state index contributed by atoms with van der Waals surface area (Å²) in [5.74, 6) is 0.397. The molecule has 1 aromatic heterocycles. The van der Waals surface area contributed by atoms with Crippen LogP contribution >= 0.6 is 0 Å². The number of allylic oxidation sites excluding steroid dienone is 2. The molecular weight excluding hydrogens is 190 g/mol. The first-order valence-electron chi connectivity index (χ1n) is 5.08. The van der Waals surface area contributed by atoms with Gasteiger partial charge >= 0.3 is 0 Å². The molecule has 0 saturated heterocycles. The average molecular weight is 203 g/mol. The Balaban J connectivity index is 2.20. The van der Waals surface area contributed by atoms with Crippen molar-refractivity contribution in [3.05, 3.63) is 41.4 Å². The summed E-state index contributed by atoms with van der Waals surface area (Å²) in [6.07, 6.45) is 5.35. The molecule has 3 heteroatoms. The number of rotatable bonds is 2. The summed E-state index contributed by atoms with van der Waals surface area (Å²) in [6, 6.07) is 3.61. The first kappa shape index (κ1) is 9.90. The van der Waals surface area contributed by atoms with Crippen molar-refractivity contribution in [2.75, 3.05) is 6.61 Å². The van der Waals surface area contributed by atoms with Crippen molar-refractivity contribution in [1.29, 1.82) is 0 Å². The van der Waals surface area contributed by atoms with Crippen molar-refractivity contribution in [1.82, 2.24) is 4.98 Å². The standard InChI is InChI=1S/C12H13NO2/c1-9-5-6-10(8-13-9)12(14)11-4-2-3-7-15-11/h4-6,8H,2-3,7H2,1H3. The Hall–Kier alpha value is -1.64. The maximum absolute atomic E-state index is 11.9. The zero-order valence-electron chi connectivity index (χ0n) is 8.69. The van der Waals surface area contributed by atoms with Crippen molar-refractivity contribution < 1.29 is 9.53 Å². The SMILES string of the molecule is Cc1ccc(C(=O)C2=CCCCO2)cn1. The van der Waals surface area contributed by atoms with Crippen LogP contribution in [0.5, 0.6) is 0 Å². The predicted octanol–water partition coefficient (Wildman–Crippen LogP) is 2.27. The Bertz CT molecular complexity index is 393. The number of Topliss-reactive ketones (excluding diaryl/α,β-unsaturated/α-hetero) is 1. The molecule has 0 bridgehead atoms. The second-order valence-corrected chi connectivity index (χ2v) is 3.58. The minimum atomic E-state index is -0.0674. The molecule has 15 heavy (non-hydrogen) atoms. The molecule has 0 radical (unpaired) electrons. The fourth-order valence-electron chi connectivity index (χ4n) is 1.46. The van der Waals surface area contributed by atoms with E-state index in [4.69, 9.17) is 4.74 Å². The first-order valence-corrected chi connectivity index (χ1v) is 5.08. The second kappa shape index (κ2) is 4.26. The Morgan fingerprint density at radius 3 is 2.93 bits per heavy atom.